The Labute approximate surface area is 134 Å². The van der Waals surface area contributed by atoms with E-state index in [0.717, 1.165) is 43.5 Å². The monoisotopic (exact) mass is 316 g/mol. The highest BCUT2D eigenvalue weighted by Gasteiger charge is 2.29. The number of aromatic nitrogens is 3. The van der Waals surface area contributed by atoms with Crippen LogP contribution in [0.4, 0.5) is 5.13 Å². The van der Waals surface area contributed by atoms with Gasteiger partial charge < -0.3 is 9.64 Å². The van der Waals surface area contributed by atoms with Gasteiger partial charge in [-0.3, -0.25) is 0 Å². The highest BCUT2D eigenvalue weighted by molar-refractivity contribution is 7.15. The quantitative estimate of drug-likeness (QED) is 0.848. The first-order valence-electron chi connectivity index (χ1n) is 8.00. The minimum Gasteiger partial charge on any atom is -0.477 e. The maximum Gasteiger partial charge on any atom is 0.213 e. The van der Waals surface area contributed by atoms with Crippen molar-refractivity contribution < 1.29 is 4.74 Å². The van der Waals surface area contributed by atoms with E-state index in [1.165, 1.54) is 17.8 Å². The second-order valence-corrected chi connectivity index (χ2v) is 7.09. The first kappa shape index (κ1) is 13.9. The molecule has 116 valence electrons. The number of rotatable bonds is 5. The summed E-state index contributed by atoms with van der Waals surface area (Å²) in [7, 11) is 0. The average molecular weight is 316 g/mol. The van der Waals surface area contributed by atoms with Crippen molar-refractivity contribution in [2.75, 3.05) is 24.6 Å². The Morgan fingerprint density at radius 3 is 2.73 bits per heavy atom. The lowest BCUT2D eigenvalue weighted by atomic mass is 9.98. The van der Waals surface area contributed by atoms with Crippen LogP contribution in [0.25, 0.3) is 0 Å². The Hall–Kier alpha value is -1.69. The van der Waals surface area contributed by atoms with Crippen molar-refractivity contribution in [2.45, 2.75) is 31.6 Å². The van der Waals surface area contributed by atoms with Crippen molar-refractivity contribution in [3.05, 3.63) is 29.4 Å². The van der Waals surface area contributed by atoms with Gasteiger partial charge in [0.05, 0.1) is 6.61 Å². The van der Waals surface area contributed by atoms with Crippen LogP contribution in [0.3, 0.4) is 0 Å². The predicted octanol–water partition coefficient (Wildman–Crippen LogP) is 3.11. The fraction of sp³-hybridized carbons (Fsp3) is 0.562. The minimum atomic E-state index is 0.606. The van der Waals surface area contributed by atoms with Crippen LogP contribution in [0, 0.1) is 5.92 Å². The standard InChI is InChI=1S/C16H20N4OS/c1-2-8-17-14(3-1)21-11-12-6-9-20(10-7-12)16-19-18-15(22-16)13-4-5-13/h1-3,8,12-13H,4-7,9-11H2. The lowest BCUT2D eigenvalue weighted by Crippen LogP contribution is -2.35. The molecule has 22 heavy (non-hydrogen) atoms. The van der Waals surface area contributed by atoms with Crippen molar-refractivity contribution in [3.8, 4) is 5.88 Å². The Morgan fingerprint density at radius 1 is 1.14 bits per heavy atom. The van der Waals surface area contributed by atoms with Crippen LogP contribution in [0.2, 0.25) is 0 Å². The molecule has 1 saturated carbocycles. The smallest absolute Gasteiger partial charge is 0.213 e. The number of hydrogen-bond donors (Lipinski definition) is 0. The molecule has 0 radical (unpaired) electrons. The molecule has 0 aromatic carbocycles. The summed E-state index contributed by atoms with van der Waals surface area (Å²) >= 11 is 1.78. The second-order valence-electron chi connectivity index (χ2n) is 6.11. The van der Waals surface area contributed by atoms with Crippen molar-refractivity contribution in [1.82, 2.24) is 15.2 Å². The van der Waals surface area contributed by atoms with Crippen LogP contribution < -0.4 is 9.64 Å². The molecule has 0 atom stereocenters. The van der Waals surface area contributed by atoms with Crippen LogP contribution in [-0.4, -0.2) is 34.9 Å². The molecule has 0 spiro atoms. The Balaban J connectivity index is 1.26. The maximum atomic E-state index is 5.78. The van der Waals surface area contributed by atoms with E-state index >= 15 is 0 Å². The van der Waals surface area contributed by atoms with E-state index in [1.54, 1.807) is 17.5 Å². The largest absolute Gasteiger partial charge is 0.477 e. The molecule has 1 aliphatic carbocycles. The summed E-state index contributed by atoms with van der Waals surface area (Å²) in [6.07, 6.45) is 6.64. The zero-order chi connectivity index (χ0) is 14.8. The molecule has 0 unspecified atom stereocenters. The van der Waals surface area contributed by atoms with Gasteiger partial charge in [0.25, 0.3) is 0 Å². The molecule has 1 aliphatic heterocycles. The Morgan fingerprint density at radius 2 is 2.00 bits per heavy atom. The minimum absolute atomic E-state index is 0.606. The fourth-order valence-electron chi connectivity index (χ4n) is 2.78. The molecule has 2 aromatic rings. The first-order chi connectivity index (χ1) is 10.9. The lowest BCUT2D eigenvalue weighted by Gasteiger charge is -2.31. The summed E-state index contributed by atoms with van der Waals surface area (Å²) in [5.74, 6) is 2.03. The summed E-state index contributed by atoms with van der Waals surface area (Å²) in [6.45, 7) is 2.86. The molecule has 1 saturated heterocycles. The molecule has 0 N–H and O–H groups in total. The van der Waals surface area contributed by atoms with Gasteiger partial charge in [0.1, 0.15) is 5.01 Å². The zero-order valence-electron chi connectivity index (χ0n) is 12.5. The zero-order valence-corrected chi connectivity index (χ0v) is 13.3. The highest BCUT2D eigenvalue weighted by Crippen LogP contribution is 2.42. The van der Waals surface area contributed by atoms with Gasteiger partial charge in [-0.2, -0.15) is 0 Å². The SMILES string of the molecule is c1ccc(OCC2CCN(c3nnc(C4CC4)s3)CC2)nc1. The van der Waals surface area contributed by atoms with Crippen LogP contribution in [0.5, 0.6) is 5.88 Å². The van der Waals surface area contributed by atoms with Gasteiger partial charge in [-0.15, -0.1) is 10.2 Å². The summed E-state index contributed by atoms with van der Waals surface area (Å²) < 4.78 is 5.78. The van der Waals surface area contributed by atoms with Gasteiger partial charge in [0, 0.05) is 31.3 Å². The number of hydrogen-bond acceptors (Lipinski definition) is 6. The molecule has 2 aromatic heterocycles. The molecule has 5 nitrogen and oxygen atoms in total. The molecule has 2 fully saturated rings. The highest BCUT2D eigenvalue weighted by atomic mass is 32.1. The number of nitrogens with zero attached hydrogens (tertiary/aromatic N) is 4. The van der Waals surface area contributed by atoms with E-state index in [1.807, 2.05) is 18.2 Å². The van der Waals surface area contributed by atoms with Gasteiger partial charge in [-0.1, -0.05) is 17.4 Å². The third-order valence-corrected chi connectivity index (χ3v) is 5.49. The number of anilines is 1. The molecule has 3 heterocycles. The van der Waals surface area contributed by atoms with Crippen molar-refractivity contribution in [2.24, 2.45) is 5.92 Å². The van der Waals surface area contributed by atoms with Gasteiger partial charge in [-0.25, -0.2) is 4.98 Å². The second kappa shape index (κ2) is 6.20. The van der Waals surface area contributed by atoms with Crippen LogP contribution in [-0.2, 0) is 0 Å². The van der Waals surface area contributed by atoms with Crippen LogP contribution in [0.1, 0.15) is 36.6 Å². The fourth-order valence-corrected chi connectivity index (χ4v) is 3.84. The third-order valence-electron chi connectivity index (χ3n) is 4.35. The van der Waals surface area contributed by atoms with E-state index in [0.29, 0.717) is 11.8 Å². The van der Waals surface area contributed by atoms with E-state index in [4.69, 9.17) is 4.74 Å². The normalized spacial score (nSPS) is 19.4. The summed E-state index contributed by atoms with van der Waals surface area (Å²) in [5.41, 5.74) is 0. The van der Waals surface area contributed by atoms with Crippen LogP contribution >= 0.6 is 11.3 Å². The van der Waals surface area contributed by atoms with Crippen molar-refractivity contribution in [3.63, 3.8) is 0 Å². The van der Waals surface area contributed by atoms with Crippen LogP contribution in [0.15, 0.2) is 24.4 Å². The molecule has 6 heteroatoms. The Kier molecular flexibility index (Phi) is 3.93. The number of ether oxygens (including phenoxy) is 1. The van der Waals surface area contributed by atoms with Crippen molar-refractivity contribution in [1.29, 1.82) is 0 Å². The molecule has 0 bridgehead atoms. The van der Waals surface area contributed by atoms with Gasteiger partial charge in [0.2, 0.25) is 11.0 Å². The lowest BCUT2D eigenvalue weighted by molar-refractivity contribution is 0.216. The van der Waals surface area contributed by atoms with E-state index in [9.17, 15) is 0 Å². The topological polar surface area (TPSA) is 51.1 Å². The summed E-state index contributed by atoms with van der Waals surface area (Å²) in [5, 5.41) is 11.1. The molecule has 0 amide bonds. The predicted molar refractivity (Wildman–Crippen MR) is 86.6 cm³/mol. The molecule has 4 rings (SSSR count). The molecular formula is C16H20N4OS. The number of piperidine rings is 1. The van der Waals surface area contributed by atoms with Gasteiger partial charge in [0.15, 0.2) is 0 Å². The summed E-state index contributed by atoms with van der Waals surface area (Å²) in [4.78, 5) is 6.58. The molecule has 2 aliphatic rings. The van der Waals surface area contributed by atoms with Crippen molar-refractivity contribution >= 4 is 16.5 Å². The van der Waals surface area contributed by atoms with E-state index < -0.39 is 0 Å². The number of pyridine rings is 1. The maximum absolute atomic E-state index is 5.78. The molecular weight excluding hydrogens is 296 g/mol. The van der Waals surface area contributed by atoms with E-state index in [-0.39, 0.29) is 0 Å². The summed E-state index contributed by atoms with van der Waals surface area (Å²) in [6, 6.07) is 5.77. The van der Waals surface area contributed by atoms with Gasteiger partial charge >= 0.3 is 0 Å². The van der Waals surface area contributed by atoms with E-state index in [2.05, 4.69) is 20.1 Å². The third kappa shape index (κ3) is 3.21. The first-order valence-corrected chi connectivity index (χ1v) is 8.82. The van der Waals surface area contributed by atoms with Gasteiger partial charge in [-0.05, 0) is 37.7 Å². The average Bonchev–Trinajstić information content (AvgIpc) is 3.32. The Bertz CT molecular complexity index is 606.